The van der Waals surface area contributed by atoms with Crippen LogP contribution in [-0.4, -0.2) is 30.8 Å². The molecule has 0 saturated carbocycles. The van der Waals surface area contributed by atoms with Crippen LogP contribution >= 0.6 is 0 Å². The topological polar surface area (TPSA) is 66.5 Å². The van der Waals surface area contributed by atoms with Gasteiger partial charge in [0.25, 0.3) is 0 Å². The Labute approximate surface area is 88.8 Å². The van der Waals surface area contributed by atoms with Gasteiger partial charge in [-0.2, -0.15) is 0 Å². The first-order valence-corrected chi connectivity index (χ1v) is 4.77. The van der Waals surface area contributed by atoms with E-state index in [2.05, 4.69) is 4.74 Å². The van der Waals surface area contributed by atoms with Crippen LogP contribution in [0.2, 0.25) is 0 Å². The van der Waals surface area contributed by atoms with Gasteiger partial charge in [-0.15, -0.1) is 0 Å². The van der Waals surface area contributed by atoms with Crippen molar-refractivity contribution in [3.05, 3.63) is 17.8 Å². The summed E-state index contributed by atoms with van der Waals surface area (Å²) in [5.41, 5.74) is 5.82. The molecule has 15 heavy (non-hydrogen) atoms. The fourth-order valence-electron chi connectivity index (χ4n) is 1.21. The summed E-state index contributed by atoms with van der Waals surface area (Å²) in [6, 6.07) is 3.41. The number of nitrogens with two attached hydrogens (primary N) is 1. The highest BCUT2D eigenvalue weighted by Gasteiger charge is 2.12. The number of methoxy groups -OCH3 is 1. The average Bonchev–Trinajstić information content (AvgIpc) is 2.60. The van der Waals surface area contributed by atoms with Gasteiger partial charge in [0.1, 0.15) is 5.69 Å². The highest BCUT2D eigenvalue weighted by atomic mass is 16.5. The Kier molecular flexibility index (Phi) is 4.17. The van der Waals surface area contributed by atoms with Crippen LogP contribution in [0.5, 0.6) is 5.88 Å². The fourth-order valence-corrected chi connectivity index (χ4v) is 1.21. The van der Waals surface area contributed by atoms with Gasteiger partial charge in [-0.25, -0.2) is 4.79 Å². The molecule has 5 heteroatoms. The Balaban J connectivity index is 2.67. The third-order valence-electron chi connectivity index (χ3n) is 2.07. The molecule has 0 bridgehead atoms. The summed E-state index contributed by atoms with van der Waals surface area (Å²) in [5.74, 6) is 0.273. The Morgan fingerprint density at radius 1 is 1.53 bits per heavy atom. The van der Waals surface area contributed by atoms with E-state index in [-0.39, 0.29) is 5.97 Å². The van der Waals surface area contributed by atoms with Crippen molar-refractivity contribution in [1.82, 2.24) is 4.57 Å². The number of hydrogen-bond acceptors (Lipinski definition) is 4. The lowest BCUT2D eigenvalue weighted by Gasteiger charge is -2.07. The van der Waals surface area contributed by atoms with Crippen molar-refractivity contribution in [1.29, 1.82) is 0 Å². The van der Waals surface area contributed by atoms with Crippen molar-refractivity contribution in [2.75, 3.05) is 20.3 Å². The third kappa shape index (κ3) is 2.73. The normalized spacial score (nSPS) is 10.1. The number of hydrogen-bond donors (Lipinski definition) is 1. The standard InChI is InChI=1S/C10H16N2O3/c1-12-8(10(13)14-2)4-5-9(12)15-7-3-6-11/h4-5H,3,6-7,11H2,1-2H3. The van der Waals surface area contributed by atoms with Gasteiger partial charge in [0.05, 0.1) is 13.7 Å². The fraction of sp³-hybridized carbons (Fsp3) is 0.500. The van der Waals surface area contributed by atoms with Crippen LogP contribution in [0.15, 0.2) is 12.1 Å². The Morgan fingerprint density at radius 2 is 2.27 bits per heavy atom. The molecule has 2 N–H and O–H groups in total. The van der Waals surface area contributed by atoms with E-state index >= 15 is 0 Å². The van der Waals surface area contributed by atoms with Crippen molar-refractivity contribution in [3.8, 4) is 5.88 Å². The molecule has 5 nitrogen and oxygen atoms in total. The number of rotatable bonds is 5. The molecule has 0 amide bonds. The van der Waals surface area contributed by atoms with Crippen LogP contribution in [0.3, 0.4) is 0 Å². The molecular formula is C10H16N2O3. The first-order chi connectivity index (χ1) is 7.20. The molecule has 0 unspecified atom stereocenters. The Hall–Kier alpha value is -1.49. The van der Waals surface area contributed by atoms with Crippen LogP contribution in [0, 0.1) is 0 Å². The summed E-state index contributed by atoms with van der Waals surface area (Å²) in [6.07, 6.45) is 0.790. The first-order valence-electron chi connectivity index (χ1n) is 4.77. The zero-order chi connectivity index (χ0) is 11.3. The van der Waals surface area contributed by atoms with Crippen LogP contribution < -0.4 is 10.5 Å². The van der Waals surface area contributed by atoms with Crippen LogP contribution in [0.25, 0.3) is 0 Å². The number of nitrogens with zero attached hydrogens (tertiary/aromatic N) is 1. The first kappa shape index (κ1) is 11.6. The molecule has 1 aromatic heterocycles. The van der Waals surface area contributed by atoms with Crippen molar-refractivity contribution in [2.45, 2.75) is 6.42 Å². The monoisotopic (exact) mass is 212 g/mol. The quantitative estimate of drug-likeness (QED) is 0.571. The van der Waals surface area contributed by atoms with Gasteiger partial charge >= 0.3 is 5.97 Å². The minimum atomic E-state index is -0.369. The second-order valence-corrected chi connectivity index (χ2v) is 3.10. The molecule has 0 atom stereocenters. The Bertz CT molecular complexity index is 333. The Morgan fingerprint density at radius 3 is 2.87 bits per heavy atom. The molecule has 0 aromatic carbocycles. The minimum Gasteiger partial charge on any atom is -0.479 e. The maximum absolute atomic E-state index is 11.3. The van der Waals surface area contributed by atoms with Crippen LogP contribution in [0.4, 0.5) is 0 Å². The van der Waals surface area contributed by atoms with E-state index in [0.717, 1.165) is 6.42 Å². The van der Waals surface area contributed by atoms with Crippen molar-refractivity contribution in [3.63, 3.8) is 0 Å². The molecule has 0 saturated heterocycles. The summed E-state index contributed by atoms with van der Waals surface area (Å²) in [5, 5.41) is 0. The largest absolute Gasteiger partial charge is 0.479 e. The summed E-state index contributed by atoms with van der Waals surface area (Å²) in [6.45, 7) is 1.14. The molecule has 0 aliphatic heterocycles. The molecule has 1 aromatic rings. The molecular weight excluding hydrogens is 196 g/mol. The maximum atomic E-state index is 11.3. The highest BCUT2D eigenvalue weighted by Crippen LogP contribution is 2.15. The SMILES string of the molecule is COC(=O)c1ccc(OCCCN)n1C. The number of carbonyl (C=O) groups is 1. The van der Waals surface area contributed by atoms with Gasteiger partial charge in [0.2, 0.25) is 0 Å². The zero-order valence-electron chi connectivity index (χ0n) is 9.03. The van der Waals surface area contributed by atoms with Gasteiger partial charge in [-0.1, -0.05) is 0 Å². The van der Waals surface area contributed by atoms with E-state index in [0.29, 0.717) is 24.7 Å². The molecule has 84 valence electrons. The predicted octanol–water partition coefficient (Wildman–Crippen LogP) is 0.539. The van der Waals surface area contributed by atoms with Gasteiger partial charge in [-0.05, 0) is 19.0 Å². The van der Waals surface area contributed by atoms with E-state index in [1.54, 1.807) is 23.7 Å². The molecule has 1 heterocycles. The van der Waals surface area contributed by atoms with Crippen molar-refractivity contribution < 1.29 is 14.3 Å². The summed E-state index contributed by atoms with van der Waals surface area (Å²) < 4.78 is 11.7. The molecule has 0 spiro atoms. The second kappa shape index (κ2) is 5.41. The van der Waals surface area contributed by atoms with Gasteiger partial charge < -0.3 is 19.8 Å². The lowest BCUT2D eigenvalue weighted by atomic mass is 10.4. The molecule has 0 radical (unpaired) electrons. The maximum Gasteiger partial charge on any atom is 0.354 e. The average molecular weight is 212 g/mol. The number of carbonyl (C=O) groups excluding carboxylic acids is 1. The number of ether oxygens (including phenoxy) is 2. The van der Waals surface area contributed by atoms with Gasteiger partial charge in [-0.3, -0.25) is 0 Å². The van der Waals surface area contributed by atoms with Gasteiger partial charge in [0.15, 0.2) is 5.88 Å². The smallest absolute Gasteiger partial charge is 0.354 e. The molecule has 1 rings (SSSR count). The third-order valence-corrected chi connectivity index (χ3v) is 2.07. The summed E-state index contributed by atoms with van der Waals surface area (Å²) in [7, 11) is 3.11. The molecule has 0 aliphatic rings. The van der Waals surface area contributed by atoms with Crippen molar-refractivity contribution in [2.24, 2.45) is 12.8 Å². The zero-order valence-corrected chi connectivity index (χ0v) is 9.03. The predicted molar refractivity (Wildman–Crippen MR) is 55.9 cm³/mol. The molecule has 0 aliphatic carbocycles. The van der Waals surface area contributed by atoms with Crippen LogP contribution in [-0.2, 0) is 11.8 Å². The number of aromatic nitrogens is 1. The lowest BCUT2D eigenvalue weighted by molar-refractivity contribution is 0.0588. The van der Waals surface area contributed by atoms with E-state index in [9.17, 15) is 4.79 Å². The molecule has 0 fully saturated rings. The second-order valence-electron chi connectivity index (χ2n) is 3.10. The van der Waals surface area contributed by atoms with E-state index in [1.165, 1.54) is 7.11 Å². The minimum absolute atomic E-state index is 0.369. The van der Waals surface area contributed by atoms with E-state index in [4.69, 9.17) is 10.5 Å². The number of esters is 1. The van der Waals surface area contributed by atoms with E-state index in [1.807, 2.05) is 0 Å². The highest BCUT2D eigenvalue weighted by molar-refractivity contribution is 5.88. The summed E-state index contributed by atoms with van der Waals surface area (Å²) >= 11 is 0. The van der Waals surface area contributed by atoms with Crippen LogP contribution in [0.1, 0.15) is 16.9 Å². The van der Waals surface area contributed by atoms with Gasteiger partial charge in [0, 0.05) is 13.1 Å². The van der Waals surface area contributed by atoms with E-state index < -0.39 is 0 Å². The summed E-state index contributed by atoms with van der Waals surface area (Å²) in [4.78, 5) is 11.3. The van der Waals surface area contributed by atoms with Crippen molar-refractivity contribution >= 4 is 5.97 Å². The lowest BCUT2D eigenvalue weighted by Crippen LogP contribution is -2.11.